The maximum absolute atomic E-state index is 13.3. The van der Waals surface area contributed by atoms with E-state index in [1.165, 1.54) is 22.6 Å². The summed E-state index contributed by atoms with van der Waals surface area (Å²) in [6.45, 7) is 3.10. The Hall–Kier alpha value is -1.43. The summed E-state index contributed by atoms with van der Waals surface area (Å²) in [6.07, 6.45) is 3.95. The zero-order valence-corrected chi connectivity index (χ0v) is 15.4. The van der Waals surface area contributed by atoms with Crippen LogP contribution in [0.1, 0.15) is 41.2 Å². The highest BCUT2D eigenvalue weighted by molar-refractivity contribution is 7.16. The number of anilines is 1. The molecule has 4 rings (SSSR count). The number of hydrogen-bond donors (Lipinski definition) is 1. The van der Waals surface area contributed by atoms with Gasteiger partial charge in [-0.3, -0.25) is 9.69 Å². The topological polar surface area (TPSA) is 32.3 Å². The molecular weight excluding hydrogens is 359 g/mol. The van der Waals surface area contributed by atoms with Gasteiger partial charge in [0.05, 0.1) is 10.3 Å². The Morgan fingerprint density at radius 1 is 1.32 bits per heavy atom. The molecule has 3 heterocycles. The Morgan fingerprint density at radius 3 is 3.08 bits per heavy atom. The van der Waals surface area contributed by atoms with Crippen molar-refractivity contribution in [2.75, 3.05) is 18.4 Å². The Bertz CT molecular complexity index is 807. The molecule has 0 radical (unpaired) electrons. The van der Waals surface area contributed by atoms with Gasteiger partial charge in [-0.05, 0) is 55.1 Å². The average Bonchev–Trinajstić information content (AvgIpc) is 3.09. The van der Waals surface area contributed by atoms with Crippen molar-refractivity contribution < 1.29 is 9.18 Å². The third-order valence-electron chi connectivity index (χ3n) is 5.10. The molecule has 0 saturated carbocycles. The molecule has 1 atom stereocenters. The molecule has 6 heteroatoms. The van der Waals surface area contributed by atoms with Gasteiger partial charge in [-0.25, -0.2) is 4.39 Å². The van der Waals surface area contributed by atoms with Crippen LogP contribution in [0.2, 0.25) is 4.34 Å². The van der Waals surface area contributed by atoms with Crippen LogP contribution in [-0.2, 0) is 17.8 Å². The highest BCUT2D eigenvalue weighted by Crippen LogP contribution is 2.36. The molecule has 0 saturated heterocycles. The smallest absolute Gasteiger partial charge is 0.232 e. The Morgan fingerprint density at radius 2 is 2.20 bits per heavy atom. The van der Waals surface area contributed by atoms with Crippen LogP contribution in [-0.4, -0.2) is 23.9 Å². The summed E-state index contributed by atoms with van der Waals surface area (Å²) in [5.41, 5.74) is 2.93. The highest BCUT2D eigenvalue weighted by atomic mass is 35.5. The summed E-state index contributed by atoms with van der Waals surface area (Å²) in [4.78, 5) is 16.0. The van der Waals surface area contributed by atoms with Gasteiger partial charge in [0.2, 0.25) is 5.91 Å². The molecule has 0 bridgehead atoms. The molecule has 2 aliphatic heterocycles. The quantitative estimate of drug-likeness (QED) is 0.757. The van der Waals surface area contributed by atoms with E-state index in [4.69, 9.17) is 11.6 Å². The van der Waals surface area contributed by atoms with E-state index in [2.05, 4.69) is 16.3 Å². The van der Waals surface area contributed by atoms with E-state index >= 15 is 0 Å². The first-order chi connectivity index (χ1) is 12.1. The van der Waals surface area contributed by atoms with Gasteiger partial charge in [0.15, 0.2) is 0 Å². The predicted octanol–water partition coefficient (Wildman–Crippen LogP) is 4.80. The summed E-state index contributed by atoms with van der Waals surface area (Å²) < 4.78 is 14.2. The molecule has 1 amide bonds. The minimum Gasteiger partial charge on any atom is -0.325 e. The molecule has 1 aromatic heterocycles. The van der Waals surface area contributed by atoms with Crippen LogP contribution >= 0.6 is 22.9 Å². The van der Waals surface area contributed by atoms with Crippen molar-refractivity contribution in [2.45, 2.75) is 38.1 Å². The van der Waals surface area contributed by atoms with Gasteiger partial charge in [0.1, 0.15) is 5.82 Å². The van der Waals surface area contributed by atoms with Crippen LogP contribution in [0.25, 0.3) is 0 Å². The second kappa shape index (κ2) is 7.06. The molecule has 0 spiro atoms. The zero-order chi connectivity index (χ0) is 17.4. The fourth-order valence-corrected chi connectivity index (χ4v) is 5.11. The number of amides is 1. The largest absolute Gasteiger partial charge is 0.325 e. The van der Waals surface area contributed by atoms with Gasteiger partial charge < -0.3 is 5.32 Å². The van der Waals surface area contributed by atoms with Gasteiger partial charge in [0, 0.05) is 23.7 Å². The number of rotatable bonds is 5. The first-order valence-corrected chi connectivity index (χ1v) is 9.89. The molecule has 25 heavy (non-hydrogen) atoms. The van der Waals surface area contributed by atoms with Crippen molar-refractivity contribution in [1.29, 1.82) is 0 Å². The normalized spacial score (nSPS) is 19.6. The SMILES string of the molecule is O=C1Nc2cc(F)ccc2C1CCCCN1CCc2sc(Cl)cc2C1. The fourth-order valence-electron chi connectivity index (χ4n) is 3.82. The average molecular weight is 379 g/mol. The minimum absolute atomic E-state index is 0.00358. The summed E-state index contributed by atoms with van der Waals surface area (Å²) in [5, 5.41) is 2.79. The Labute approximate surface area is 155 Å². The third-order valence-corrected chi connectivity index (χ3v) is 6.46. The molecule has 0 aliphatic carbocycles. The predicted molar refractivity (Wildman–Crippen MR) is 99.9 cm³/mol. The summed E-state index contributed by atoms with van der Waals surface area (Å²) in [5.74, 6) is -0.451. The number of thiophene rings is 1. The first kappa shape index (κ1) is 17.0. The van der Waals surface area contributed by atoms with Gasteiger partial charge in [0.25, 0.3) is 0 Å². The maximum atomic E-state index is 13.3. The minimum atomic E-state index is -0.308. The summed E-state index contributed by atoms with van der Waals surface area (Å²) in [6, 6.07) is 6.67. The van der Waals surface area contributed by atoms with Crippen molar-refractivity contribution in [3.05, 3.63) is 50.4 Å². The second-order valence-corrected chi connectivity index (χ2v) is 8.56. The molecule has 0 fully saturated rings. The third kappa shape index (κ3) is 3.59. The Balaban J connectivity index is 1.27. The van der Waals surface area contributed by atoms with Gasteiger partial charge in [-0.15, -0.1) is 11.3 Å². The van der Waals surface area contributed by atoms with Crippen molar-refractivity contribution in [1.82, 2.24) is 4.90 Å². The van der Waals surface area contributed by atoms with Gasteiger partial charge >= 0.3 is 0 Å². The maximum Gasteiger partial charge on any atom is 0.232 e. The van der Waals surface area contributed by atoms with Crippen LogP contribution in [0.15, 0.2) is 24.3 Å². The molecule has 1 N–H and O–H groups in total. The Kier molecular flexibility index (Phi) is 4.80. The number of hydrogen-bond acceptors (Lipinski definition) is 3. The van der Waals surface area contributed by atoms with Crippen LogP contribution < -0.4 is 5.32 Å². The fraction of sp³-hybridized carbons (Fsp3) is 0.421. The monoisotopic (exact) mass is 378 g/mol. The number of carbonyl (C=O) groups excluding carboxylic acids is 1. The molecule has 3 nitrogen and oxygen atoms in total. The number of fused-ring (bicyclic) bond motifs is 2. The first-order valence-electron chi connectivity index (χ1n) is 8.70. The van der Waals surface area contributed by atoms with Crippen molar-refractivity contribution in [2.24, 2.45) is 0 Å². The van der Waals surface area contributed by atoms with E-state index in [1.807, 2.05) is 0 Å². The molecule has 2 aliphatic rings. The van der Waals surface area contributed by atoms with Gasteiger partial charge in [-0.1, -0.05) is 24.1 Å². The number of nitrogens with zero attached hydrogens (tertiary/aromatic N) is 1. The number of carbonyl (C=O) groups is 1. The summed E-state index contributed by atoms with van der Waals surface area (Å²) >= 11 is 7.80. The van der Waals surface area contributed by atoms with Crippen molar-refractivity contribution >= 4 is 34.5 Å². The highest BCUT2D eigenvalue weighted by Gasteiger charge is 2.30. The van der Waals surface area contributed by atoms with E-state index in [9.17, 15) is 9.18 Å². The lowest BCUT2D eigenvalue weighted by Gasteiger charge is -2.26. The zero-order valence-electron chi connectivity index (χ0n) is 13.9. The van der Waals surface area contributed by atoms with E-state index in [1.54, 1.807) is 17.4 Å². The molecule has 132 valence electrons. The number of nitrogens with one attached hydrogen (secondary N) is 1. The van der Waals surface area contributed by atoms with E-state index in [-0.39, 0.29) is 17.6 Å². The summed E-state index contributed by atoms with van der Waals surface area (Å²) in [7, 11) is 0. The molecular formula is C19H20ClFN2OS. The lowest BCUT2D eigenvalue weighted by molar-refractivity contribution is -0.117. The molecule has 1 aromatic carbocycles. The van der Waals surface area contributed by atoms with Crippen LogP contribution in [0.4, 0.5) is 10.1 Å². The van der Waals surface area contributed by atoms with Crippen LogP contribution in [0.3, 0.4) is 0 Å². The van der Waals surface area contributed by atoms with Crippen LogP contribution in [0, 0.1) is 5.82 Å². The molecule has 1 unspecified atom stereocenters. The van der Waals surface area contributed by atoms with Crippen molar-refractivity contribution in [3.8, 4) is 0 Å². The second-order valence-electron chi connectivity index (χ2n) is 6.79. The molecule has 2 aromatic rings. The number of unbranched alkanes of at least 4 members (excludes halogenated alkanes) is 1. The number of halogens is 2. The lowest BCUT2D eigenvalue weighted by atomic mass is 9.95. The van der Waals surface area contributed by atoms with Crippen molar-refractivity contribution in [3.63, 3.8) is 0 Å². The van der Waals surface area contributed by atoms with Gasteiger partial charge in [-0.2, -0.15) is 0 Å². The lowest BCUT2D eigenvalue weighted by Crippen LogP contribution is -2.30. The van der Waals surface area contributed by atoms with E-state index < -0.39 is 0 Å². The van der Waals surface area contributed by atoms with E-state index in [0.717, 1.165) is 55.2 Å². The van der Waals surface area contributed by atoms with E-state index in [0.29, 0.717) is 5.69 Å². The van der Waals surface area contributed by atoms with Crippen LogP contribution in [0.5, 0.6) is 0 Å². The number of benzene rings is 1. The standard InChI is InChI=1S/C19H20ClFN2OS/c20-18-9-12-11-23(8-6-17(12)25-18)7-2-1-3-15-14-5-4-13(21)10-16(14)22-19(15)24/h4-5,9-10,15H,1-3,6-8,11H2,(H,22,24).